The van der Waals surface area contributed by atoms with E-state index in [1.165, 1.54) is 13.0 Å². The van der Waals surface area contributed by atoms with E-state index in [1.807, 2.05) is 0 Å². The van der Waals surface area contributed by atoms with Crippen LogP contribution in [0.15, 0.2) is 18.2 Å². The van der Waals surface area contributed by atoms with Gasteiger partial charge in [0.15, 0.2) is 6.61 Å². The Kier molecular flexibility index (Phi) is 3.41. The summed E-state index contributed by atoms with van der Waals surface area (Å²) in [6.45, 7) is 1.06. The minimum absolute atomic E-state index is 0.0221. The number of nitrogens with two attached hydrogens (primary N) is 1. The van der Waals surface area contributed by atoms with Crippen LogP contribution in [0.4, 0.5) is 13.2 Å². The highest BCUT2D eigenvalue weighted by Gasteiger charge is 2.31. The fourth-order valence-electron chi connectivity index (χ4n) is 1.15. The van der Waals surface area contributed by atoms with Gasteiger partial charge in [0.25, 0.3) is 5.91 Å². The predicted molar refractivity (Wildman–Crippen MR) is 50.9 cm³/mol. The lowest BCUT2D eigenvalue weighted by molar-refractivity contribution is -0.137. The van der Waals surface area contributed by atoms with Crippen LogP contribution in [0.2, 0.25) is 0 Å². The minimum atomic E-state index is -4.43. The van der Waals surface area contributed by atoms with E-state index in [-0.39, 0.29) is 5.75 Å². The third kappa shape index (κ3) is 3.45. The topological polar surface area (TPSA) is 52.3 Å². The van der Waals surface area contributed by atoms with Crippen LogP contribution >= 0.6 is 0 Å². The first-order valence-corrected chi connectivity index (χ1v) is 4.39. The third-order valence-corrected chi connectivity index (χ3v) is 1.76. The zero-order valence-corrected chi connectivity index (χ0v) is 8.47. The average molecular weight is 233 g/mol. The van der Waals surface area contributed by atoms with E-state index in [0.717, 1.165) is 12.1 Å². The number of carbonyl (C=O) groups is 1. The molecule has 0 unspecified atom stereocenters. The number of hydrogen-bond donors (Lipinski definition) is 1. The maximum absolute atomic E-state index is 12.4. The first kappa shape index (κ1) is 12.4. The smallest absolute Gasteiger partial charge is 0.416 e. The molecular formula is C10H10F3NO2. The normalized spacial score (nSPS) is 11.2. The van der Waals surface area contributed by atoms with Crippen LogP contribution in [0.1, 0.15) is 11.1 Å². The molecular weight excluding hydrogens is 223 g/mol. The summed E-state index contributed by atoms with van der Waals surface area (Å²) in [4.78, 5) is 10.4. The van der Waals surface area contributed by atoms with Gasteiger partial charge in [-0.05, 0) is 30.7 Å². The van der Waals surface area contributed by atoms with Crippen LogP contribution in [-0.2, 0) is 11.0 Å². The zero-order chi connectivity index (χ0) is 12.3. The summed E-state index contributed by atoms with van der Waals surface area (Å²) < 4.78 is 42.0. The van der Waals surface area contributed by atoms with E-state index in [2.05, 4.69) is 0 Å². The van der Waals surface area contributed by atoms with E-state index in [9.17, 15) is 18.0 Å². The largest absolute Gasteiger partial charge is 0.484 e. The average Bonchev–Trinajstić information content (AvgIpc) is 2.12. The maximum Gasteiger partial charge on any atom is 0.416 e. The standard InChI is InChI=1S/C10H10F3NO2/c1-6-2-7(10(11,12)13)4-8(3-6)16-5-9(14)15/h2-4H,5H2,1H3,(H2,14,15). The molecule has 6 heteroatoms. The van der Waals surface area contributed by atoms with Crippen molar-refractivity contribution in [3.8, 4) is 5.75 Å². The Labute approximate surface area is 90.0 Å². The molecule has 0 aromatic heterocycles. The van der Waals surface area contributed by atoms with Crippen molar-refractivity contribution in [2.24, 2.45) is 5.73 Å². The molecule has 1 rings (SSSR count). The lowest BCUT2D eigenvalue weighted by Crippen LogP contribution is -2.20. The first-order valence-electron chi connectivity index (χ1n) is 4.39. The van der Waals surface area contributed by atoms with Gasteiger partial charge in [-0.25, -0.2) is 0 Å². The number of primary amides is 1. The van der Waals surface area contributed by atoms with Crippen molar-refractivity contribution in [3.05, 3.63) is 29.3 Å². The number of aryl methyl sites for hydroxylation is 1. The fourth-order valence-corrected chi connectivity index (χ4v) is 1.15. The van der Waals surface area contributed by atoms with Crippen LogP contribution in [-0.4, -0.2) is 12.5 Å². The fraction of sp³-hybridized carbons (Fsp3) is 0.300. The molecule has 0 aliphatic carbocycles. The van der Waals surface area contributed by atoms with E-state index in [4.69, 9.17) is 10.5 Å². The van der Waals surface area contributed by atoms with Gasteiger partial charge in [0.2, 0.25) is 0 Å². The number of amides is 1. The molecule has 2 N–H and O–H groups in total. The molecule has 0 aliphatic heterocycles. The number of halogens is 3. The van der Waals surface area contributed by atoms with Crippen molar-refractivity contribution in [2.75, 3.05) is 6.61 Å². The summed E-state index contributed by atoms with van der Waals surface area (Å²) in [6.07, 6.45) is -4.43. The van der Waals surface area contributed by atoms with Crippen LogP contribution in [0.25, 0.3) is 0 Å². The van der Waals surface area contributed by atoms with E-state index in [0.29, 0.717) is 5.56 Å². The quantitative estimate of drug-likeness (QED) is 0.866. The molecule has 0 saturated carbocycles. The molecule has 0 atom stereocenters. The molecule has 0 spiro atoms. The second-order valence-electron chi connectivity index (χ2n) is 3.29. The molecule has 0 heterocycles. The second kappa shape index (κ2) is 4.42. The van der Waals surface area contributed by atoms with Gasteiger partial charge in [-0.15, -0.1) is 0 Å². The van der Waals surface area contributed by atoms with Gasteiger partial charge in [-0.3, -0.25) is 4.79 Å². The number of rotatable bonds is 3. The highest BCUT2D eigenvalue weighted by molar-refractivity contribution is 5.75. The Balaban J connectivity index is 2.94. The second-order valence-corrected chi connectivity index (χ2v) is 3.29. The van der Waals surface area contributed by atoms with Crippen molar-refractivity contribution in [2.45, 2.75) is 13.1 Å². The van der Waals surface area contributed by atoms with Crippen molar-refractivity contribution in [3.63, 3.8) is 0 Å². The number of carbonyl (C=O) groups excluding carboxylic acids is 1. The van der Waals surface area contributed by atoms with Gasteiger partial charge in [0, 0.05) is 0 Å². The molecule has 1 amide bonds. The molecule has 16 heavy (non-hydrogen) atoms. The summed E-state index contributed by atoms with van der Waals surface area (Å²) >= 11 is 0. The highest BCUT2D eigenvalue weighted by atomic mass is 19.4. The van der Waals surface area contributed by atoms with Gasteiger partial charge in [0.1, 0.15) is 5.75 Å². The van der Waals surface area contributed by atoms with Crippen LogP contribution in [0, 0.1) is 6.92 Å². The summed E-state index contributed by atoms with van der Waals surface area (Å²) in [5.41, 5.74) is 4.40. The first-order chi connectivity index (χ1) is 7.29. The number of hydrogen-bond acceptors (Lipinski definition) is 2. The zero-order valence-electron chi connectivity index (χ0n) is 8.47. The van der Waals surface area contributed by atoms with Crippen LogP contribution < -0.4 is 10.5 Å². The Hall–Kier alpha value is -1.72. The molecule has 0 radical (unpaired) electrons. The maximum atomic E-state index is 12.4. The van der Waals surface area contributed by atoms with Crippen molar-refractivity contribution >= 4 is 5.91 Å². The minimum Gasteiger partial charge on any atom is -0.484 e. The lowest BCUT2D eigenvalue weighted by Gasteiger charge is -2.10. The Morgan fingerprint density at radius 2 is 2.00 bits per heavy atom. The van der Waals surface area contributed by atoms with Gasteiger partial charge >= 0.3 is 6.18 Å². The Morgan fingerprint density at radius 1 is 1.38 bits per heavy atom. The predicted octanol–water partition coefficient (Wildman–Crippen LogP) is 1.88. The molecule has 0 aliphatic rings. The van der Waals surface area contributed by atoms with Crippen molar-refractivity contribution < 1.29 is 22.7 Å². The molecule has 0 saturated heterocycles. The number of alkyl halides is 3. The molecule has 1 aromatic rings. The lowest BCUT2D eigenvalue weighted by atomic mass is 10.1. The monoisotopic (exact) mass is 233 g/mol. The molecule has 0 bridgehead atoms. The van der Waals surface area contributed by atoms with Crippen LogP contribution in [0.5, 0.6) is 5.75 Å². The SMILES string of the molecule is Cc1cc(OCC(N)=O)cc(C(F)(F)F)c1. The molecule has 3 nitrogen and oxygen atoms in total. The van der Waals surface area contributed by atoms with E-state index >= 15 is 0 Å². The van der Waals surface area contributed by atoms with E-state index < -0.39 is 24.3 Å². The van der Waals surface area contributed by atoms with Gasteiger partial charge in [-0.2, -0.15) is 13.2 Å². The Bertz CT molecular complexity index is 402. The van der Waals surface area contributed by atoms with Crippen LogP contribution in [0.3, 0.4) is 0 Å². The van der Waals surface area contributed by atoms with Crippen molar-refractivity contribution in [1.29, 1.82) is 0 Å². The Morgan fingerprint density at radius 3 is 2.50 bits per heavy atom. The van der Waals surface area contributed by atoms with Gasteiger partial charge in [-0.1, -0.05) is 0 Å². The van der Waals surface area contributed by atoms with Gasteiger partial charge < -0.3 is 10.5 Å². The van der Waals surface area contributed by atoms with E-state index in [1.54, 1.807) is 0 Å². The molecule has 1 aromatic carbocycles. The molecule has 88 valence electrons. The number of benzene rings is 1. The highest BCUT2D eigenvalue weighted by Crippen LogP contribution is 2.32. The summed E-state index contributed by atoms with van der Waals surface area (Å²) in [6, 6.07) is 3.23. The summed E-state index contributed by atoms with van der Waals surface area (Å²) in [5, 5.41) is 0. The van der Waals surface area contributed by atoms with Crippen molar-refractivity contribution in [1.82, 2.24) is 0 Å². The summed E-state index contributed by atoms with van der Waals surface area (Å²) in [7, 11) is 0. The third-order valence-electron chi connectivity index (χ3n) is 1.76. The number of ether oxygens (including phenoxy) is 1. The van der Waals surface area contributed by atoms with Gasteiger partial charge in [0.05, 0.1) is 5.56 Å². The summed E-state index contributed by atoms with van der Waals surface area (Å²) in [5.74, 6) is -0.763. The molecule has 0 fully saturated rings.